The molecule has 0 radical (unpaired) electrons. The second-order valence-corrected chi connectivity index (χ2v) is 6.71. The van der Waals surface area contributed by atoms with E-state index >= 15 is 0 Å². The van der Waals surface area contributed by atoms with Crippen LogP contribution in [0.3, 0.4) is 0 Å². The second-order valence-electron chi connectivity index (χ2n) is 6.71. The van der Waals surface area contributed by atoms with Crippen LogP contribution in [0.25, 0.3) is 0 Å². The largest absolute Gasteiger partial charge is 0.478 e. The van der Waals surface area contributed by atoms with Gasteiger partial charge < -0.3 is 15.1 Å². The Bertz CT molecular complexity index is 439. The van der Waals surface area contributed by atoms with E-state index in [0.29, 0.717) is 6.42 Å². The molecule has 2 N–H and O–H groups in total. The number of hydrogen-bond acceptors (Lipinski definition) is 4. The van der Waals surface area contributed by atoms with Crippen LogP contribution in [0.2, 0.25) is 0 Å². The summed E-state index contributed by atoms with van der Waals surface area (Å²) in [6.07, 6.45) is 5.29. The Morgan fingerprint density at radius 2 is 1.67 bits per heavy atom. The van der Waals surface area contributed by atoms with Gasteiger partial charge in [0, 0.05) is 0 Å². The van der Waals surface area contributed by atoms with E-state index in [1.165, 1.54) is 0 Å². The van der Waals surface area contributed by atoms with Crippen LogP contribution in [-0.2, 0) is 19.4 Å². The van der Waals surface area contributed by atoms with E-state index < -0.39 is 23.3 Å². The number of carbonyl (C=O) groups is 2. The molecule has 1 unspecified atom stereocenters. The van der Waals surface area contributed by atoms with Crippen LogP contribution in [-0.4, -0.2) is 27.8 Å². The van der Waals surface area contributed by atoms with E-state index in [9.17, 15) is 19.8 Å². The molecule has 0 aromatic carbocycles. The minimum Gasteiger partial charge on any atom is -0.478 e. The lowest BCUT2D eigenvalue weighted by Crippen LogP contribution is -2.26. The SMILES string of the molecule is CCCCC(CC)C/C(C(=O)O)=C(/OOC(C)(C)CCC)C(=O)O. The molecule has 0 aromatic heterocycles. The summed E-state index contributed by atoms with van der Waals surface area (Å²) in [6.45, 7) is 9.55. The first kappa shape index (κ1) is 22.4. The molecule has 0 bridgehead atoms. The molecule has 0 aliphatic heterocycles. The summed E-state index contributed by atoms with van der Waals surface area (Å²) in [7, 11) is 0. The number of aliphatic carboxylic acids is 2. The summed E-state index contributed by atoms with van der Waals surface area (Å²) in [5.74, 6) is -3.22. The third kappa shape index (κ3) is 8.34. The first-order chi connectivity index (χ1) is 11.2. The lowest BCUT2D eigenvalue weighted by molar-refractivity contribution is -0.327. The average molecular weight is 344 g/mol. The van der Waals surface area contributed by atoms with Gasteiger partial charge in [0.2, 0.25) is 0 Å². The van der Waals surface area contributed by atoms with Gasteiger partial charge in [-0.2, -0.15) is 4.89 Å². The van der Waals surface area contributed by atoms with Gasteiger partial charge >= 0.3 is 11.9 Å². The fraction of sp³-hybridized carbons (Fsp3) is 0.778. The molecule has 0 saturated heterocycles. The van der Waals surface area contributed by atoms with Crippen molar-refractivity contribution < 1.29 is 29.6 Å². The molecule has 24 heavy (non-hydrogen) atoms. The van der Waals surface area contributed by atoms with Gasteiger partial charge in [-0.1, -0.05) is 52.9 Å². The lowest BCUT2D eigenvalue weighted by Gasteiger charge is -2.23. The highest BCUT2D eigenvalue weighted by molar-refractivity contribution is 5.97. The summed E-state index contributed by atoms with van der Waals surface area (Å²) in [5.41, 5.74) is -0.927. The number of unbranched alkanes of at least 4 members (excludes halogenated alkanes) is 1. The molecule has 0 aliphatic rings. The predicted octanol–water partition coefficient (Wildman–Crippen LogP) is 4.54. The molecule has 0 amide bonds. The van der Waals surface area contributed by atoms with E-state index in [4.69, 9.17) is 9.78 Å². The van der Waals surface area contributed by atoms with Crippen molar-refractivity contribution >= 4 is 11.9 Å². The van der Waals surface area contributed by atoms with Crippen molar-refractivity contribution in [2.75, 3.05) is 0 Å². The minimum atomic E-state index is -1.43. The highest BCUT2D eigenvalue weighted by Gasteiger charge is 2.28. The smallest absolute Gasteiger partial charge is 0.375 e. The highest BCUT2D eigenvalue weighted by Crippen LogP contribution is 2.26. The quantitative estimate of drug-likeness (QED) is 0.220. The number of carboxylic acid groups (broad SMARTS) is 2. The van der Waals surface area contributed by atoms with Crippen LogP contribution in [0.1, 0.15) is 79.6 Å². The third-order valence-corrected chi connectivity index (χ3v) is 3.97. The second kappa shape index (κ2) is 11.1. The maximum Gasteiger partial charge on any atom is 0.375 e. The molecular weight excluding hydrogens is 312 g/mol. The maximum absolute atomic E-state index is 11.6. The van der Waals surface area contributed by atoms with Crippen LogP contribution < -0.4 is 0 Å². The molecule has 140 valence electrons. The molecular formula is C18H32O6. The Balaban J connectivity index is 5.35. The molecule has 0 aliphatic carbocycles. The van der Waals surface area contributed by atoms with Crippen molar-refractivity contribution in [1.29, 1.82) is 0 Å². The fourth-order valence-corrected chi connectivity index (χ4v) is 2.52. The molecule has 6 nitrogen and oxygen atoms in total. The minimum absolute atomic E-state index is 0.109. The van der Waals surface area contributed by atoms with Crippen molar-refractivity contribution in [3.05, 3.63) is 11.3 Å². The van der Waals surface area contributed by atoms with E-state index in [2.05, 4.69) is 6.92 Å². The van der Waals surface area contributed by atoms with E-state index in [-0.39, 0.29) is 17.9 Å². The van der Waals surface area contributed by atoms with Crippen LogP contribution in [0.5, 0.6) is 0 Å². The average Bonchev–Trinajstić information content (AvgIpc) is 2.48. The van der Waals surface area contributed by atoms with Crippen molar-refractivity contribution in [3.63, 3.8) is 0 Å². The van der Waals surface area contributed by atoms with Crippen molar-refractivity contribution in [2.24, 2.45) is 5.92 Å². The predicted molar refractivity (Wildman–Crippen MR) is 91.4 cm³/mol. The van der Waals surface area contributed by atoms with E-state index in [1.807, 2.05) is 13.8 Å². The van der Waals surface area contributed by atoms with Crippen molar-refractivity contribution in [1.82, 2.24) is 0 Å². The number of hydrogen-bond donors (Lipinski definition) is 2. The highest BCUT2D eigenvalue weighted by atomic mass is 17.2. The zero-order valence-electron chi connectivity index (χ0n) is 15.6. The summed E-state index contributed by atoms with van der Waals surface area (Å²) in [4.78, 5) is 33.3. The van der Waals surface area contributed by atoms with Crippen LogP contribution >= 0.6 is 0 Å². The van der Waals surface area contributed by atoms with Crippen LogP contribution in [0.4, 0.5) is 0 Å². The zero-order chi connectivity index (χ0) is 18.8. The van der Waals surface area contributed by atoms with E-state index in [0.717, 1.165) is 32.1 Å². The lowest BCUT2D eigenvalue weighted by atomic mass is 9.91. The Labute approximate surface area is 144 Å². The first-order valence-electron chi connectivity index (χ1n) is 8.73. The maximum atomic E-state index is 11.6. The van der Waals surface area contributed by atoms with Crippen molar-refractivity contribution in [2.45, 2.75) is 85.2 Å². The van der Waals surface area contributed by atoms with Gasteiger partial charge in [0.25, 0.3) is 5.76 Å². The first-order valence-corrected chi connectivity index (χ1v) is 8.73. The Kier molecular flexibility index (Phi) is 10.4. The van der Waals surface area contributed by atoms with E-state index in [1.54, 1.807) is 13.8 Å². The third-order valence-electron chi connectivity index (χ3n) is 3.97. The Morgan fingerprint density at radius 1 is 1.04 bits per heavy atom. The number of carboxylic acids is 2. The molecule has 0 rings (SSSR count). The molecule has 0 heterocycles. The zero-order valence-corrected chi connectivity index (χ0v) is 15.6. The topological polar surface area (TPSA) is 93.1 Å². The van der Waals surface area contributed by atoms with Gasteiger partial charge in [-0.25, -0.2) is 9.59 Å². The standard InChI is InChI=1S/C18H32O6/c1-6-9-10-13(8-3)12-14(16(19)20)15(17(21)22)23-24-18(4,5)11-7-2/h13H,6-12H2,1-5H3,(H,19,20)(H,21,22)/b15-14-. The normalized spacial score (nSPS) is 14.0. The van der Waals surface area contributed by atoms with Crippen LogP contribution in [0, 0.1) is 5.92 Å². The number of rotatable bonds is 13. The van der Waals surface area contributed by atoms with Crippen LogP contribution in [0.15, 0.2) is 11.3 Å². The van der Waals surface area contributed by atoms with Gasteiger partial charge in [-0.05, 0) is 32.6 Å². The van der Waals surface area contributed by atoms with Gasteiger partial charge in [0.15, 0.2) is 0 Å². The van der Waals surface area contributed by atoms with Gasteiger partial charge in [-0.15, -0.1) is 0 Å². The molecule has 6 heteroatoms. The molecule has 0 fully saturated rings. The summed E-state index contributed by atoms with van der Waals surface area (Å²) < 4.78 is 0. The van der Waals surface area contributed by atoms with Crippen molar-refractivity contribution in [3.8, 4) is 0 Å². The fourth-order valence-electron chi connectivity index (χ4n) is 2.52. The molecule has 0 aromatic rings. The van der Waals surface area contributed by atoms with Gasteiger partial charge in [0.05, 0.1) is 5.57 Å². The molecule has 1 atom stereocenters. The summed E-state index contributed by atoms with van der Waals surface area (Å²) in [6, 6.07) is 0. The Morgan fingerprint density at radius 3 is 2.08 bits per heavy atom. The molecule has 0 spiro atoms. The summed E-state index contributed by atoms with van der Waals surface area (Å²) in [5, 5.41) is 18.8. The Hall–Kier alpha value is -1.56. The summed E-state index contributed by atoms with van der Waals surface area (Å²) >= 11 is 0. The van der Waals surface area contributed by atoms with Gasteiger partial charge in [0.1, 0.15) is 5.60 Å². The monoisotopic (exact) mass is 344 g/mol. The van der Waals surface area contributed by atoms with Gasteiger partial charge in [-0.3, -0.25) is 0 Å². The molecule has 0 saturated carbocycles.